The Balaban J connectivity index is 0.00000400. The van der Waals surface area contributed by atoms with Crippen LogP contribution in [-0.2, 0) is 22.4 Å². The number of halogens is 12. The van der Waals surface area contributed by atoms with Crippen molar-refractivity contribution in [2.45, 2.75) is 0 Å². The maximum absolute atomic E-state index is 14.4. The van der Waals surface area contributed by atoms with Crippen molar-refractivity contribution >= 4 is 28.0 Å². The van der Waals surface area contributed by atoms with E-state index < -0.39 is 97.8 Å². The predicted molar refractivity (Wildman–Crippen MR) is 110 cm³/mol. The Morgan fingerprint density at radius 1 is 0.289 bits per heavy atom. The second-order valence-corrected chi connectivity index (χ2v) is 8.06. The van der Waals surface area contributed by atoms with E-state index in [-0.39, 0.29) is 70.9 Å². The van der Waals surface area contributed by atoms with E-state index in [0.717, 1.165) is 0 Å². The van der Waals surface area contributed by atoms with Crippen LogP contribution in [-0.4, -0.2) is 6.15 Å². The molecule has 0 atom stereocenters. The molecule has 4 rings (SSSR count). The normalized spacial score (nSPS) is 11.5. The fraction of sp³-hybridized carbons (Fsp3) is 0. The van der Waals surface area contributed by atoms with Crippen molar-refractivity contribution in [1.29, 1.82) is 0 Å². The van der Waals surface area contributed by atoms with Gasteiger partial charge in [0.05, 0.1) is 0 Å². The van der Waals surface area contributed by atoms with E-state index in [2.05, 4.69) is 0 Å². The average Bonchev–Trinajstić information content (AvgIpc) is 2.83. The monoisotopic (exact) mass is 642 g/mol. The van der Waals surface area contributed by atoms with Gasteiger partial charge >= 0.3 is 22.4 Å². The summed E-state index contributed by atoms with van der Waals surface area (Å²) in [7, 11) is 0. The van der Waals surface area contributed by atoms with E-state index in [0.29, 0.717) is 0 Å². The van der Waals surface area contributed by atoms with Crippen molar-refractivity contribution in [2.24, 2.45) is 0 Å². The number of hydrogen-bond acceptors (Lipinski definition) is 0. The first-order valence-electron chi connectivity index (χ1n) is 10.0. The Bertz CT molecular complexity index is 1240. The molecule has 38 heavy (non-hydrogen) atoms. The zero-order chi connectivity index (χ0) is 27.4. The molecular formula is C24H8AgBF12. The quantitative estimate of drug-likeness (QED) is 0.172. The molecular weight excluding hydrogens is 635 g/mol. The maximum atomic E-state index is 14.4. The second kappa shape index (κ2) is 10.5. The fourth-order valence-corrected chi connectivity index (χ4v) is 4.46. The van der Waals surface area contributed by atoms with Crippen LogP contribution in [0.4, 0.5) is 52.7 Å². The number of rotatable bonds is 4. The summed E-state index contributed by atoms with van der Waals surface area (Å²) in [5.41, 5.74) is -3.79. The molecule has 0 unspecified atom stereocenters. The molecule has 0 aliphatic heterocycles. The molecule has 0 aliphatic rings. The van der Waals surface area contributed by atoms with E-state index in [1.165, 1.54) is 0 Å². The third-order valence-corrected chi connectivity index (χ3v) is 6.02. The summed E-state index contributed by atoms with van der Waals surface area (Å²) in [6, 6.07) is 1.41. The molecule has 0 nitrogen and oxygen atoms in total. The molecule has 202 valence electrons. The van der Waals surface area contributed by atoms with Gasteiger partial charge in [-0.25, -0.2) is 52.7 Å². The Morgan fingerprint density at radius 3 is 0.553 bits per heavy atom. The third kappa shape index (κ3) is 4.63. The van der Waals surface area contributed by atoms with Gasteiger partial charge in [-0.15, -0.1) is 0 Å². The Kier molecular flexibility index (Phi) is 8.16. The number of hydrogen-bond donors (Lipinski definition) is 0. The van der Waals surface area contributed by atoms with Gasteiger partial charge in [0, 0.05) is 0 Å². The van der Waals surface area contributed by atoms with Crippen LogP contribution < -0.4 is 21.9 Å². The van der Waals surface area contributed by atoms with Gasteiger partial charge in [-0.1, -0.05) is 48.5 Å². The molecule has 0 heterocycles. The van der Waals surface area contributed by atoms with Crippen molar-refractivity contribution in [2.75, 3.05) is 0 Å². The summed E-state index contributed by atoms with van der Waals surface area (Å²) >= 11 is 0. The summed E-state index contributed by atoms with van der Waals surface area (Å²) in [5, 5.41) is 0. The van der Waals surface area contributed by atoms with E-state index in [1.54, 1.807) is 0 Å². The first-order chi connectivity index (χ1) is 17.3. The molecule has 0 saturated carbocycles. The first kappa shape index (κ1) is 29.4. The van der Waals surface area contributed by atoms with Crippen LogP contribution in [0.25, 0.3) is 0 Å². The molecule has 0 fully saturated rings. The van der Waals surface area contributed by atoms with Gasteiger partial charge < -0.3 is 0 Å². The molecule has 0 bridgehead atoms. The van der Waals surface area contributed by atoms with E-state index in [4.69, 9.17) is 0 Å². The van der Waals surface area contributed by atoms with E-state index in [9.17, 15) is 52.7 Å². The maximum Gasteiger partial charge on any atom is 1.00 e. The van der Waals surface area contributed by atoms with Gasteiger partial charge in [-0.2, -0.15) is 21.9 Å². The topological polar surface area (TPSA) is 0 Å². The minimum absolute atomic E-state index is 0. The fourth-order valence-electron chi connectivity index (χ4n) is 4.46. The first-order valence-corrected chi connectivity index (χ1v) is 10.0. The minimum Gasteiger partial charge on any atom is -0.204 e. The summed E-state index contributed by atoms with van der Waals surface area (Å²) in [6.07, 6.45) is -4.01. The zero-order valence-corrected chi connectivity index (χ0v) is 19.5. The standard InChI is InChI=1S/C24H8BF12.Ag/c26-13-1-9(2-14(27)21(13)34)25(10-3-15(28)22(35)16(29)4-10,11-5-17(30)23(36)18(31)6-11)12-7-19(32)24(37)20(33)8-12;/h1-8H;/q-1;+1. The molecule has 4 aromatic rings. The van der Waals surface area contributed by atoms with Crippen LogP contribution in [0.2, 0.25) is 0 Å². The van der Waals surface area contributed by atoms with Crippen LogP contribution in [0.5, 0.6) is 0 Å². The minimum atomic E-state index is -4.01. The van der Waals surface area contributed by atoms with Gasteiger partial charge in [-0.05, 0) is 0 Å². The number of benzene rings is 4. The van der Waals surface area contributed by atoms with Crippen LogP contribution in [0, 0.1) is 69.8 Å². The summed E-state index contributed by atoms with van der Waals surface area (Å²) < 4.78 is 170. The van der Waals surface area contributed by atoms with E-state index >= 15 is 0 Å². The summed E-state index contributed by atoms with van der Waals surface area (Å²) in [4.78, 5) is 0. The van der Waals surface area contributed by atoms with Gasteiger partial charge in [0.2, 0.25) is 0 Å². The Hall–Kier alpha value is -3.15. The smallest absolute Gasteiger partial charge is 0.204 e. The van der Waals surface area contributed by atoms with Crippen LogP contribution in [0.3, 0.4) is 0 Å². The van der Waals surface area contributed by atoms with Crippen molar-refractivity contribution in [3.63, 3.8) is 0 Å². The molecule has 0 spiro atoms. The Morgan fingerprint density at radius 2 is 0.421 bits per heavy atom. The second-order valence-electron chi connectivity index (χ2n) is 8.06. The van der Waals surface area contributed by atoms with Crippen LogP contribution in [0.1, 0.15) is 0 Å². The van der Waals surface area contributed by atoms with E-state index in [1.807, 2.05) is 0 Å². The molecule has 0 N–H and O–H groups in total. The predicted octanol–water partition coefficient (Wildman–Crippen LogP) is 4.73. The molecule has 4 aromatic carbocycles. The van der Waals surface area contributed by atoms with Crippen LogP contribution >= 0.6 is 0 Å². The Labute approximate surface area is 221 Å². The molecule has 0 saturated heterocycles. The third-order valence-electron chi connectivity index (χ3n) is 6.02. The average molecular weight is 643 g/mol. The van der Waals surface area contributed by atoms with Crippen molar-refractivity contribution in [1.82, 2.24) is 0 Å². The van der Waals surface area contributed by atoms with Gasteiger partial charge in [0.15, 0.2) is 69.8 Å². The van der Waals surface area contributed by atoms with Crippen LogP contribution in [0.15, 0.2) is 48.5 Å². The van der Waals surface area contributed by atoms with Gasteiger partial charge in [-0.3, -0.25) is 0 Å². The van der Waals surface area contributed by atoms with Gasteiger partial charge in [0.1, 0.15) is 6.15 Å². The summed E-state index contributed by atoms with van der Waals surface area (Å²) in [5.74, 6) is -24.0. The zero-order valence-electron chi connectivity index (χ0n) is 18.0. The molecule has 0 aliphatic carbocycles. The van der Waals surface area contributed by atoms with Crippen molar-refractivity contribution in [3.05, 3.63) is 118 Å². The largest absolute Gasteiger partial charge is 1.00 e. The van der Waals surface area contributed by atoms with Crippen molar-refractivity contribution in [3.8, 4) is 0 Å². The molecule has 0 amide bonds. The van der Waals surface area contributed by atoms with Crippen molar-refractivity contribution < 1.29 is 75.1 Å². The summed E-state index contributed by atoms with van der Waals surface area (Å²) in [6.45, 7) is 0. The molecule has 0 aromatic heterocycles. The molecule has 0 radical (unpaired) electrons. The molecule has 14 heteroatoms. The SMILES string of the molecule is Fc1cc([B-](c2cc(F)c(F)c(F)c2)(c2cc(F)c(F)c(F)c2)c2cc(F)c(F)c(F)c2)cc(F)c1F.[Ag+]. The van der Waals surface area contributed by atoms with Gasteiger partial charge in [0.25, 0.3) is 0 Å².